The van der Waals surface area contributed by atoms with Gasteiger partial charge in [0.1, 0.15) is 5.60 Å². The third kappa shape index (κ3) is 2.85. The molecule has 1 aromatic rings. The molecule has 142 valence electrons. The van der Waals surface area contributed by atoms with Crippen LogP contribution in [0.5, 0.6) is 0 Å². The fourth-order valence-electron chi connectivity index (χ4n) is 3.82. The third-order valence-electron chi connectivity index (χ3n) is 5.03. The number of likely N-dealkylation sites (tertiary alicyclic amines) is 1. The van der Waals surface area contributed by atoms with E-state index in [4.69, 9.17) is 9.57 Å². The number of hydrogen-bond acceptors (Lipinski definition) is 6. The van der Waals surface area contributed by atoms with E-state index < -0.39 is 35.4 Å². The molecule has 1 saturated carbocycles. The summed E-state index contributed by atoms with van der Waals surface area (Å²) in [6.45, 7) is 5.85. The van der Waals surface area contributed by atoms with E-state index in [1.165, 1.54) is 17.0 Å². The Hall–Kier alpha value is -2.90. The fourth-order valence-corrected chi connectivity index (χ4v) is 3.82. The Labute approximate surface area is 156 Å². The highest BCUT2D eigenvalue weighted by Crippen LogP contribution is 2.52. The van der Waals surface area contributed by atoms with Crippen LogP contribution < -0.4 is 0 Å². The topological polar surface area (TPSA) is 93.2 Å². The first kappa shape index (κ1) is 17.5. The van der Waals surface area contributed by atoms with Crippen LogP contribution in [0.15, 0.2) is 24.3 Å². The molecule has 0 aromatic heterocycles. The Morgan fingerprint density at radius 2 is 1.67 bits per heavy atom. The van der Waals surface area contributed by atoms with Gasteiger partial charge in [0.25, 0.3) is 11.8 Å². The van der Waals surface area contributed by atoms with Crippen molar-refractivity contribution in [2.45, 2.75) is 38.8 Å². The van der Waals surface area contributed by atoms with Crippen LogP contribution in [-0.4, -0.2) is 52.0 Å². The lowest BCUT2D eigenvalue weighted by molar-refractivity contribution is -0.171. The predicted molar refractivity (Wildman–Crippen MR) is 91.4 cm³/mol. The lowest BCUT2D eigenvalue weighted by atomic mass is 10.1. The summed E-state index contributed by atoms with van der Waals surface area (Å²) >= 11 is 0. The number of ether oxygens (including phenoxy) is 1. The summed E-state index contributed by atoms with van der Waals surface area (Å²) in [5, 5.41) is 0.513. The predicted octanol–water partition coefficient (Wildman–Crippen LogP) is 2.00. The zero-order valence-corrected chi connectivity index (χ0v) is 15.3. The van der Waals surface area contributed by atoms with Crippen molar-refractivity contribution in [3.05, 3.63) is 35.4 Å². The molecule has 27 heavy (non-hydrogen) atoms. The standard InChI is InChI=1S/C19H20N2O6/c1-19(2,3)26-18(25)20-9-8-12-13(14(12)20)17(24)27-21-15(22)10-6-4-5-7-11(10)16(21)23/h4-7,12-14H,8-9H2,1-3H3/t12-,13-,14-/m1/s1. The Kier molecular flexibility index (Phi) is 3.76. The third-order valence-corrected chi connectivity index (χ3v) is 5.03. The Balaban J connectivity index is 1.42. The maximum absolute atomic E-state index is 12.5. The van der Waals surface area contributed by atoms with E-state index in [0.717, 1.165) is 0 Å². The molecule has 8 heteroatoms. The van der Waals surface area contributed by atoms with Crippen LogP contribution in [0.25, 0.3) is 0 Å². The van der Waals surface area contributed by atoms with Gasteiger partial charge < -0.3 is 14.5 Å². The van der Waals surface area contributed by atoms with E-state index in [-0.39, 0.29) is 23.1 Å². The quantitative estimate of drug-likeness (QED) is 0.737. The van der Waals surface area contributed by atoms with Gasteiger partial charge >= 0.3 is 12.1 Å². The van der Waals surface area contributed by atoms with Gasteiger partial charge in [-0.3, -0.25) is 9.59 Å². The van der Waals surface area contributed by atoms with Crippen LogP contribution in [-0.2, 0) is 14.4 Å². The van der Waals surface area contributed by atoms with Gasteiger partial charge in [-0.15, -0.1) is 0 Å². The molecule has 1 aromatic carbocycles. The Morgan fingerprint density at radius 3 is 2.22 bits per heavy atom. The largest absolute Gasteiger partial charge is 0.444 e. The molecule has 4 rings (SSSR count). The molecule has 0 unspecified atom stereocenters. The van der Waals surface area contributed by atoms with Crippen molar-refractivity contribution >= 4 is 23.9 Å². The van der Waals surface area contributed by atoms with Gasteiger partial charge in [0.15, 0.2) is 0 Å². The van der Waals surface area contributed by atoms with E-state index in [0.29, 0.717) is 18.0 Å². The number of nitrogens with zero attached hydrogens (tertiary/aromatic N) is 2. The summed E-state index contributed by atoms with van der Waals surface area (Å²) in [6.07, 6.45) is 0.192. The molecule has 2 fully saturated rings. The number of hydrogen-bond donors (Lipinski definition) is 0. The maximum Gasteiger partial charge on any atom is 0.410 e. The van der Waals surface area contributed by atoms with E-state index in [9.17, 15) is 19.2 Å². The van der Waals surface area contributed by atoms with Crippen LogP contribution in [0.2, 0.25) is 0 Å². The van der Waals surface area contributed by atoms with Crippen molar-refractivity contribution in [3.63, 3.8) is 0 Å². The number of carbonyl (C=O) groups is 4. The zero-order chi connectivity index (χ0) is 19.5. The first-order valence-electron chi connectivity index (χ1n) is 8.88. The first-order valence-corrected chi connectivity index (χ1v) is 8.88. The number of imide groups is 1. The lowest BCUT2D eigenvalue weighted by Gasteiger charge is -2.26. The molecular formula is C19H20N2O6. The summed E-state index contributed by atoms with van der Waals surface area (Å²) in [5.41, 5.74) is -0.205. The second-order valence-corrected chi connectivity index (χ2v) is 8.00. The van der Waals surface area contributed by atoms with Gasteiger partial charge in [-0.2, -0.15) is 0 Å². The van der Waals surface area contributed by atoms with Crippen molar-refractivity contribution in [2.24, 2.45) is 11.8 Å². The zero-order valence-electron chi connectivity index (χ0n) is 15.3. The van der Waals surface area contributed by atoms with Crippen LogP contribution >= 0.6 is 0 Å². The number of rotatable bonds is 2. The highest BCUT2D eigenvalue weighted by atomic mass is 16.7. The molecule has 8 nitrogen and oxygen atoms in total. The van der Waals surface area contributed by atoms with E-state index >= 15 is 0 Å². The monoisotopic (exact) mass is 372 g/mol. The number of hydroxylamine groups is 2. The maximum atomic E-state index is 12.5. The van der Waals surface area contributed by atoms with Gasteiger partial charge in [-0.05, 0) is 45.2 Å². The van der Waals surface area contributed by atoms with Crippen LogP contribution in [0, 0.1) is 11.8 Å². The van der Waals surface area contributed by atoms with Crippen LogP contribution in [0.3, 0.4) is 0 Å². The molecule has 0 spiro atoms. The molecule has 1 saturated heterocycles. The summed E-state index contributed by atoms with van der Waals surface area (Å²) in [7, 11) is 0. The molecule has 0 radical (unpaired) electrons. The minimum absolute atomic E-state index is 0.0276. The summed E-state index contributed by atoms with van der Waals surface area (Å²) < 4.78 is 5.37. The summed E-state index contributed by atoms with van der Waals surface area (Å²) in [4.78, 5) is 56.1. The number of carbonyl (C=O) groups excluding carboxylic acids is 4. The molecule has 0 N–H and O–H groups in total. The number of benzene rings is 1. The van der Waals surface area contributed by atoms with Crippen molar-refractivity contribution in [3.8, 4) is 0 Å². The van der Waals surface area contributed by atoms with E-state index in [1.807, 2.05) is 0 Å². The average molecular weight is 372 g/mol. The molecule has 2 heterocycles. The highest BCUT2D eigenvalue weighted by Gasteiger charge is 2.64. The van der Waals surface area contributed by atoms with Gasteiger partial charge in [-0.1, -0.05) is 17.2 Å². The van der Waals surface area contributed by atoms with Crippen molar-refractivity contribution < 1.29 is 28.8 Å². The van der Waals surface area contributed by atoms with Crippen LogP contribution in [0.4, 0.5) is 4.79 Å². The Morgan fingerprint density at radius 1 is 1.07 bits per heavy atom. The molecular weight excluding hydrogens is 352 g/mol. The SMILES string of the molecule is CC(C)(C)OC(=O)N1CC[C@@H]2[C@@H](C(=O)ON3C(=O)c4ccccc4C3=O)[C@@H]21. The minimum atomic E-state index is -0.673. The molecule has 3 aliphatic rings. The van der Waals surface area contributed by atoms with Gasteiger partial charge in [0, 0.05) is 6.54 Å². The second-order valence-electron chi connectivity index (χ2n) is 8.00. The van der Waals surface area contributed by atoms with Gasteiger partial charge in [0.2, 0.25) is 0 Å². The normalized spacial score (nSPS) is 26.0. The van der Waals surface area contributed by atoms with Gasteiger partial charge in [0.05, 0.1) is 23.1 Å². The highest BCUT2D eigenvalue weighted by molar-refractivity contribution is 6.20. The van der Waals surface area contributed by atoms with E-state index in [1.54, 1.807) is 32.9 Å². The van der Waals surface area contributed by atoms with E-state index in [2.05, 4.69) is 0 Å². The number of amides is 3. The Bertz CT molecular complexity index is 823. The van der Waals surface area contributed by atoms with Crippen molar-refractivity contribution in [1.82, 2.24) is 9.96 Å². The van der Waals surface area contributed by atoms with Crippen LogP contribution in [0.1, 0.15) is 47.9 Å². The second kappa shape index (κ2) is 5.80. The lowest BCUT2D eigenvalue weighted by Crippen LogP contribution is -2.39. The van der Waals surface area contributed by atoms with Crippen molar-refractivity contribution in [1.29, 1.82) is 0 Å². The fraction of sp³-hybridized carbons (Fsp3) is 0.474. The first-order chi connectivity index (χ1) is 12.7. The molecule has 1 aliphatic carbocycles. The van der Waals surface area contributed by atoms with Gasteiger partial charge in [-0.25, -0.2) is 9.59 Å². The molecule has 0 bridgehead atoms. The summed E-state index contributed by atoms with van der Waals surface area (Å²) in [5.74, 6) is -2.55. The minimum Gasteiger partial charge on any atom is -0.444 e. The summed E-state index contributed by atoms with van der Waals surface area (Å²) in [6, 6.07) is 6.00. The molecule has 2 aliphatic heterocycles. The smallest absolute Gasteiger partial charge is 0.410 e. The number of piperidine rings is 1. The molecule has 3 amide bonds. The van der Waals surface area contributed by atoms with Crippen molar-refractivity contribution in [2.75, 3.05) is 6.54 Å². The number of fused-ring (bicyclic) bond motifs is 2. The molecule has 3 atom stereocenters. The average Bonchev–Trinajstić information content (AvgIpc) is 3.06.